The number of aliphatic hydroxyl groups excluding tert-OH is 2. The lowest BCUT2D eigenvalue weighted by atomic mass is 9.86. The number of benzene rings is 3. The molecule has 15 nitrogen and oxygen atoms in total. The average molecular weight is 1130 g/mol. The van der Waals surface area contributed by atoms with Gasteiger partial charge in [-0.05, 0) is 119 Å². The Bertz CT molecular complexity index is 2850. The number of hydrogen-bond acceptors (Lipinski definition) is 11. The van der Waals surface area contributed by atoms with Crippen LogP contribution >= 0.6 is 0 Å². The zero-order valence-corrected chi connectivity index (χ0v) is 49.0. The highest BCUT2D eigenvalue weighted by Gasteiger charge is 2.44. The molecule has 4 fully saturated rings. The summed E-state index contributed by atoms with van der Waals surface area (Å²) in [6.07, 6.45) is 8.85. The monoisotopic (exact) mass is 1130 g/mol. The molecule has 9 atom stereocenters. The maximum Gasteiger partial charge on any atom is 0.248 e. The fourth-order valence-electron chi connectivity index (χ4n) is 13.5. The van der Waals surface area contributed by atoms with Crippen LogP contribution in [0.2, 0.25) is 0 Å². The van der Waals surface area contributed by atoms with Crippen LogP contribution in [0.5, 0.6) is 0 Å². The standard InChI is InChI=1S/C36H47N5O4.C29H41F2N5O/c1-36(2,3)39-35(45)31-24-40(22-26-12-9-15-37-21-26)16-17-41(31)23-29(42)19-28(18-25-10-5-4-6-11-25)34(44)38-33-30-14-8-7-13-27(30)20-32(33)43;1-19(2)27-34-33-20(3)36(27)25-17-23-9-10-24(18-25)35(23)16-13-26(21-7-5-4-6-8-21)32-28(37)22-11-14-29(30,31)15-12-22/h4-15,21,28-29,31-33,42-43H,16-20,22-24H2,1-3H3,(H,38,44)(H,39,45);4-8,19,22-26H,9-18H2,1-3H3,(H,32,37)/t28-,29+,31+,32-,33+;23-,24+,25?,26-/m10/s1. The van der Waals surface area contributed by atoms with Gasteiger partial charge in [-0.1, -0.05) is 105 Å². The van der Waals surface area contributed by atoms with Crippen molar-refractivity contribution in [2.45, 2.75) is 191 Å². The first-order valence-corrected chi connectivity index (χ1v) is 30.1. The van der Waals surface area contributed by atoms with E-state index in [-0.39, 0.29) is 68.3 Å². The third-order valence-electron chi connectivity index (χ3n) is 17.6. The number of nitrogens with one attached hydrogen (secondary N) is 3. The van der Waals surface area contributed by atoms with E-state index in [0.717, 1.165) is 71.8 Å². The quantitative estimate of drug-likeness (QED) is 0.0533. The van der Waals surface area contributed by atoms with Gasteiger partial charge >= 0.3 is 0 Å². The van der Waals surface area contributed by atoms with E-state index in [1.165, 1.54) is 12.8 Å². The minimum atomic E-state index is -2.62. The number of β-amino-alcohol motifs (C(OH)–C–C–N with tert-alkyl or cyclic N) is 1. The van der Waals surface area contributed by atoms with Crippen molar-refractivity contribution in [1.29, 1.82) is 0 Å². The number of fused-ring (bicyclic) bond motifs is 3. The number of alkyl halides is 2. The second-order valence-electron chi connectivity index (χ2n) is 25.3. The van der Waals surface area contributed by atoms with E-state index in [4.69, 9.17) is 0 Å². The van der Waals surface area contributed by atoms with Crippen molar-refractivity contribution in [3.63, 3.8) is 0 Å². The first kappa shape index (κ1) is 60.6. The van der Waals surface area contributed by atoms with E-state index in [1.807, 2.05) is 112 Å². The van der Waals surface area contributed by atoms with E-state index in [9.17, 15) is 33.4 Å². The lowest BCUT2D eigenvalue weighted by Crippen LogP contribution is -2.61. The summed E-state index contributed by atoms with van der Waals surface area (Å²) in [7, 11) is 0. The normalized spacial score (nSPS) is 24.2. The molecule has 5 aromatic rings. The summed E-state index contributed by atoms with van der Waals surface area (Å²) in [5.74, 6) is -1.35. The molecule has 82 heavy (non-hydrogen) atoms. The van der Waals surface area contributed by atoms with Gasteiger partial charge in [-0.2, -0.15) is 0 Å². The molecular formula is C65H88F2N10O5. The van der Waals surface area contributed by atoms with Gasteiger partial charge in [-0.15, -0.1) is 10.2 Å². The molecule has 5 N–H and O–H groups in total. The van der Waals surface area contributed by atoms with Gasteiger partial charge in [0.2, 0.25) is 23.6 Å². The molecule has 2 bridgehead atoms. The summed E-state index contributed by atoms with van der Waals surface area (Å²) < 4.78 is 29.6. The Kier molecular flexibility index (Phi) is 20.1. The maximum atomic E-state index is 13.8. The zero-order chi connectivity index (χ0) is 58.1. The van der Waals surface area contributed by atoms with Crippen molar-refractivity contribution >= 4 is 17.7 Å². The average Bonchev–Trinajstić information content (AvgIpc) is 4.30. The van der Waals surface area contributed by atoms with E-state index < -0.39 is 41.7 Å². The molecule has 5 heterocycles. The summed E-state index contributed by atoms with van der Waals surface area (Å²) in [6.45, 7) is 16.1. The highest BCUT2D eigenvalue weighted by molar-refractivity contribution is 5.83. The van der Waals surface area contributed by atoms with E-state index in [2.05, 4.69) is 83.3 Å². The van der Waals surface area contributed by atoms with Gasteiger partial charge in [-0.3, -0.25) is 34.1 Å². The molecule has 17 heteroatoms. The summed E-state index contributed by atoms with van der Waals surface area (Å²) in [6, 6.07) is 32.1. The van der Waals surface area contributed by atoms with Crippen LogP contribution in [-0.4, -0.2) is 137 Å². The van der Waals surface area contributed by atoms with E-state index in [0.29, 0.717) is 56.5 Å². The van der Waals surface area contributed by atoms with Crippen LogP contribution in [0.3, 0.4) is 0 Å². The highest BCUT2D eigenvalue weighted by atomic mass is 19.3. The summed E-state index contributed by atoms with van der Waals surface area (Å²) >= 11 is 0. The highest BCUT2D eigenvalue weighted by Crippen LogP contribution is 2.43. The summed E-state index contributed by atoms with van der Waals surface area (Å²) in [4.78, 5) is 51.6. The molecule has 3 aromatic carbocycles. The fourth-order valence-corrected chi connectivity index (χ4v) is 13.5. The second kappa shape index (κ2) is 27.2. The summed E-state index contributed by atoms with van der Waals surface area (Å²) in [5.41, 5.74) is 4.76. The number of carbonyl (C=O) groups is 3. The minimum Gasteiger partial charge on any atom is -0.392 e. The van der Waals surface area contributed by atoms with Gasteiger partial charge < -0.3 is 30.7 Å². The number of amides is 3. The van der Waals surface area contributed by atoms with Crippen molar-refractivity contribution in [3.8, 4) is 0 Å². The maximum absolute atomic E-state index is 13.8. The van der Waals surface area contributed by atoms with E-state index >= 15 is 0 Å². The lowest BCUT2D eigenvalue weighted by molar-refractivity contribution is -0.132. The minimum absolute atomic E-state index is 0.0712. The van der Waals surface area contributed by atoms with Gasteiger partial charge in [0.05, 0.1) is 24.3 Å². The summed E-state index contributed by atoms with van der Waals surface area (Å²) in [5, 5.41) is 40.6. The van der Waals surface area contributed by atoms with Gasteiger partial charge in [0.25, 0.3) is 0 Å². The van der Waals surface area contributed by atoms with Crippen LogP contribution in [0.15, 0.2) is 109 Å². The molecule has 2 aromatic heterocycles. The number of piperidine rings is 1. The largest absolute Gasteiger partial charge is 0.392 e. The van der Waals surface area contributed by atoms with Crippen LogP contribution in [0.4, 0.5) is 8.78 Å². The molecule has 1 saturated carbocycles. The molecule has 5 aliphatic rings. The van der Waals surface area contributed by atoms with Crippen LogP contribution in [0.1, 0.15) is 162 Å². The van der Waals surface area contributed by atoms with Crippen LogP contribution in [-0.2, 0) is 33.8 Å². The van der Waals surface area contributed by atoms with Crippen molar-refractivity contribution < 1.29 is 33.4 Å². The number of aromatic nitrogens is 4. The number of halogens is 2. The Labute approximate surface area is 484 Å². The Morgan fingerprint density at radius 2 is 1.49 bits per heavy atom. The number of aryl methyl sites for hydroxylation is 1. The molecular weight excluding hydrogens is 1040 g/mol. The van der Waals surface area contributed by atoms with E-state index in [1.54, 1.807) is 6.20 Å². The SMILES string of the molecule is CC(C)(C)NC(=O)[C@@H]1CN(Cc2cccnc2)CCN1C[C@@H](O)C[C@@H](Cc1ccccc1)C(=O)N[C@H]1c2ccccc2C[C@H]1O.Cc1nnc(C(C)C)n1C1C[C@H]2CC[C@@H](C1)N2CC[C@H](NC(=O)C1CCC(F)(F)CC1)c1ccccc1. The molecule has 3 saturated heterocycles. The number of rotatable bonds is 19. The molecule has 0 radical (unpaired) electrons. The smallest absolute Gasteiger partial charge is 0.248 e. The first-order valence-electron chi connectivity index (χ1n) is 30.1. The van der Waals surface area contributed by atoms with Crippen LogP contribution < -0.4 is 16.0 Å². The Morgan fingerprint density at radius 1 is 0.817 bits per heavy atom. The Balaban J connectivity index is 0.000000201. The van der Waals surface area contributed by atoms with Crippen molar-refractivity contribution in [1.82, 2.24) is 50.4 Å². The Hall–Kier alpha value is -5.98. The Morgan fingerprint density at radius 3 is 2.16 bits per heavy atom. The number of carbonyl (C=O) groups excluding carboxylic acids is 3. The molecule has 2 aliphatic carbocycles. The van der Waals surface area contributed by atoms with Crippen LogP contribution in [0.25, 0.3) is 0 Å². The molecule has 3 amide bonds. The zero-order valence-electron chi connectivity index (χ0n) is 49.0. The van der Waals surface area contributed by atoms with Crippen molar-refractivity contribution in [2.24, 2.45) is 11.8 Å². The predicted molar refractivity (Wildman–Crippen MR) is 314 cm³/mol. The molecule has 1 unspecified atom stereocenters. The number of nitrogens with zero attached hydrogens (tertiary/aromatic N) is 7. The molecule has 3 aliphatic heterocycles. The first-order chi connectivity index (χ1) is 39.3. The molecule has 442 valence electrons. The second-order valence-corrected chi connectivity index (χ2v) is 25.3. The fraction of sp³-hybridized carbons (Fsp3) is 0.569. The van der Waals surface area contributed by atoms with Gasteiger partial charge in [0.1, 0.15) is 17.7 Å². The van der Waals surface area contributed by atoms with Gasteiger partial charge in [-0.25, -0.2) is 8.78 Å². The van der Waals surface area contributed by atoms with Crippen molar-refractivity contribution in [3.05, 3.63) is 149 Å². The lowest BCUT2D eigenvalue weighted by Gasteiger charge is -2.42. The third-order valence-corrected chi connectivity index (χ3v) is 17.6. The predicted octanol–water partition coefficient (Wildman–Crippen LogP) is 8.82. The number of pyridine rings is 1. The van der Waals surface area contributed by atoms with Gasteiger partial charge in [0, 0.05) is 112 Å². The number of aliphatic hydroxyl groups is 2. The topological polar surface area (TPSA) is 181 Å². The molecule has 10 rings (SSSR count). The van der Waals surface area contributed by atoms with Gasteiger partial charge in [0.15, 0.2) is 0 Å². The van der Waals surface area contributed by atoms with Crippen LogP contribution in [0, 0.1) is 18.8 Å². The number of hydrogen-bond donors (Lipinski definition) is 5. The third kappa shape index (κ3) is 15.8. The number of piperazine rings is 1. The molecule has 0 spiro atoms. The van der Waals surface area contributed by atoms with Crippen molar-refractivity contribution in [2.75, 3.05) is 32.7 Å².